The molecule has 0 bridgehead atoms. The molecule has 0 spiro atoms. The van der Waals surface area contributed by atoms with Gasteiger partial charge in [0.15, 0.2) is 0 Å². The standard InChI is InChI=1S/C19H20N3/c1-22(2,3)19-12-10-17(11-13-19)20-21-18-9-8-15-6-4-5-7-16(15)14-18/h4-14H,1-3H3/q+1. The van der Waals surface area contributed by atoms with Crippen LogP contribution in [0.25, 0.3) is 10.8 Å². The van der Waals surface area contributed by atoms with Crippen LogP contribution in [0.3, 0.4) is 0 Å². The van der Waals surface area contributed by atoms with E-state index in [1.54, 1.807) is 0 Å². The van der Waals surface area contributed by atoms with Crippen molar-refractivity contribution >= 4 is 27.8 Å². The Morgan fingerprint density at radius 3 is 1.91 bits per heavy atom. The lowest BCUT2D eigenvalue weighted by molar-refractivity contribution is 0.486. The van der Waals surface area contributed by atoms with Crippen molar-refractivity contribution in [2.24, 2.45) is 10.2 Å². The number of hydrogen-bond acceptors (Lipinski definition) is 2. The van der Waals surface area contributed by atoms with Crippen molar-refractivity contribution in [2.45, 2.75) is 0 Å². The summed E-state index contributed by atoms with van der Waals surface area (Å²) in [7, 11) is 6.43. The van der Waals surface area contributed by atoms with Gasteiger partial charge in [-0.1, -0.05) is 30.3 Å². The van der Waals surface area contributed by atoms with E-state index in [2.05, 4.69) is 67.8 Å². The normalized spacial score (nSPS) is 12.1. The van der Waals surface area contributed by atoms with Crippen LogP contribution in [0, 0.1) is 0 Å². The largest absolute Gasteiger partial charge is 0.298 e. The second kappa shape index (κ2) is 5.70. The molecule has 0 unspecified atom stereocenters. The van der Waals surface area contributed by atoms with Crippen molar-refractivity contribution in [3.8, 4) is 0 Å². The Balaban J connectivity index is 1.83. The highest BCUT2D eigenvalue weighted by atomic mass is 15.3. The summed E-state index contributed by atoms with van der Waals surface area (Å²) in [5.74, 6) is 0. The SMILES string of the molecule is C[N+](C)(C)c1ccc(N=Nc2ccc3ccccc3c2)cc1. The van der Waals surface area contributed by atoms with E-state index < -0.39 is 0 Å². The first kappa shape index (κ1) is 14.4. The van der Waals surface area contributed by atoms with Gasteiger partial charge in [0, 0.05) is 12.1 Å². The van der Waals surface area contributed by atoms with Gasteiger partial charge in [-0.25, -0.2) is 0 Å². The summed E-state index contributed by atoms with van der Waals surface area (Å²) in [5.41, 5.74) is 2.98. The van der Waals surface area contributed by atoms with E-state index in [-0.39, 0.29) is 0 Å². The molecule has 22 heavy (non-hydrogen) atoms. The van der Waals surface area contributed by atoms with Crippen LogP contribution in [0.5, 0.6) is 0 Å². The zero-order valence-corrected chi connectivity index (χ0v) is 13.2. The van der Waals surface area contributed by atoms with E-state index in [4.69, 9.17) is 0 Å². The molecule has 0 heterocycles. The van der Waals surface area contributed by atoms with Gasteiger partial charge < -0.3 is 0 Å². The Bertz CT molecular complexity index is 812. The van der Waals surface area contributed by atoms with E-state index in [0.717, 1.165) is 15.9 Å². The van der Waals surface area contributed by atoms with Gasteiger partial charge in [0.05, 0.1) is 32.5 Å². The summed E-state index contributed by atoms with van der Waals surface area (Å²) in [4.78, 5) is 0. The minimum absolute atomic E-state index is 0.794. The average Bonchev–Trinajstić information content (AvgIpc) is 2.52. The predicted molar refractivity (Wildman–Crippen MR) is 94.1 cm³/mol. The highest BCUT2D eigenvalue weighted by Crippen LogP contribution is 2.25. The summed E-state index contributed by atoms with van der Waals surface area (Å²) in [5, 5.41) is 11.1. The molecule has 0 aromatic heterocycles. The molecule has 110 valence electrons. The van der Waals surface area contributed by atoms with Crippen LogP contribution in [0.2, 0.25) is 0 Å². The van der Waals surface area contributed by atoms with Gasteiger partial charge in [0.25, 0.3) is 0 Å². The highest BCUT2D eigenvalue weighted by Gasteiger charge is 2.10. The van der Waals surface area contributed by atoms with Gasteiger partial charge in [-0.15, -0.1) is 0 Å². The minimum Gasteiger partial charge on any atom is -0.298 e. The Morgan fingerprint density at radius 2 is 1.23 bits per heavy atom. The van der Waals surface area contributed by atoms with Crippen molar-refractivity contribution in [3.63, 3.8) is 0 Å². The first-order valence-corrected chi connectivity index (χ1v) is 7.35. The predicted octanol–water partition coefficient (Wildman–Crippen LogP) is 5.45. The zero-order chi connectivity index (χ0) is 15.6. The molecular formula is C19H20N3+. The molecule has 0 saturated heterocycles. The number of rotatable bonds is 3. The minimum atomic E-state index is 0.794. The monoisotopic (exact) mass is 290 g/mol. The lowest BCUT2D eigenvalue weighted by atomic mass is 10.1. The van der Waals surface area contributed by atoms with E-state index in [9.17, 15) is 0 Å². The molecule has 3 nitrogen and oxygen atoms in total. The molecule has 3 rings (SSSR count). The molecular weight excluding hydrogens is 270 g/mol. The van der Waals surface area contributed by atoms with Crippen LogP contribution in [-0.2, 0) is 0 Å². The third kappa shape index (κ3) is 3.21. The summed E-state index contributed by atoms with van der Waals surface area (Å²) < 4.78 is 0.794. The van der Waals surface area contributed by atoms with Gasteiger partial charge in [0.1, 0.15) is 5.69 Å². The van der Waals surface area contributed by atoms with Crippen LogP contribution in [0.15, 0.2) is 77.0 Å². The average molecular weight is 290 g/mol. The Hall–Kier alpha value is -2.52. The summed E-state index contributed by atoms with van der Waals surface area (Å²) in [6, 6.07) is 22.6. The number of fused-ring (bicyclic) bond motifs is 1. The number of nitrogens with zero attached hydrogens (tertiary/aromatic N) is 3. The third-order valence-corrected chi connectivity index (χ3v) is 3.64. The maximum atomic E-state index is 4.34. The van der Waals surface area contributed by atoms with Crippen LogP contribution < -0.4 is 4.48 Å². The first-order chi connectivity index (χ1) is 10.5. The lowest BCUT2D eigenvalue weighted by Crippen LogP contribution is -2.34. The molecule has 3 aromatic carbocycles. The smallest absolute Gasteiger partial charge is 0.132 e. The van der Waals surface area contributed by atoms with Crippen molar-refractivity contribution in [3.05, 3.63) is 66.7 Å². The van der Waals surface area contributed by atoms with Crippen LogP contribution >= 0.6 is 0 Å². The molecule has 3 heteroatoms. The molecule has 0 amide bonds. The summed E-state index contributed by atoms with van der Waals surface area (Å²) >= 11 is 0. The summed E-state index contributed by atoms with van der Waals surface area (Å²) in [6.07, 6.45) is 0. The number of hydrogen-bond donors (Lipinski definition) is 0. The fourth-order valence-corrected chi connectivity index (χ4v) is 2.32. The van der Waals surface area contributed by atoms with Crippen molar-refractivity contribution < 1.29 is 0 Å². The highest BCUT2D eigenvalue weighted by molar-refractivity contribution is 5.85. The topological polar surface area (TPSA) is 24.7 Å². The molecule has 0 N–H and O–H groups in total. The van der Waals surface area contributed by atoms with Crippen LogP contribution in [-0.4, -0.2) is 21.1 Å². The van der Waals surface area contributed by atoms with Crippen LogP contribution in [0.4, 0.5) is 17.1 Å². The molecule has 0 radical (unpaired) electrons. The number of benzene rings is 3. The van der Waals surface area contributed by atoms with E-state index in [0.29, 0.717) is 0 Å². The van der Waals surface area contributed by atoms with Crippen molar-refractivity contribution in [2.75, 3.05) is 21.1 Å². The van der Waals surface area contributed by atoms with Crippen molar-refractivity contribution in [1.29, 1.82) is 0 Å². The van der Waals surface area contributed by atoms with E-state index >= 15 is 0 Å². The third-order valence-electron chi connectivity index (χ3n) is 3.64. The molecule has 0 aliphatic carbocycles. The fraction of sp³-hybridized carbons (Fsp3) is 0.158. The maximum absolute atomic E-state index is 4.34. The Kier molecular flexibility index (Phi) is 3.73. The fourth-order valence-electron chi connectivity index (χ4n) is 2.32. The molecule has 0 aliphatic heterocycles. The summed E-state index contributed by atoms with van der Waals surface area (Å²) in [6.45, 7) is 0. The molecule has 0 aliphatic rings. The quantitative estimate of drug-likeness (QED) is 0.452. The van der Waals surface area contributed by atoms with Gasteiger partial charge in [-0.05, 0) is 35.0 Å². The van der Waals surface area contributed by atoms with Gasteiger partial charge in [0.2, 0.25) is 0 Å². The van der Waals surface area contributed by atoms with Gasteiger partial charge in [-0.2, -0.15) is 10.2 Å². The molecule has 0 fully saturated rings. The number of quaternary nitrogens is 1. The second-order valence-electron chi connectivity index (χ2n) is 6.26. The first-order valence-electron chi connectivity index (χ1n) is 7.35. The lowest BCUT2D eigenvalue weighted by Gasteiger charge is -2.23. The van der Waals surface area contributed by atoms with Crippen molar-refractivity contribution in [1.82, 2.24) is 4.48 Å². The Morgan fingerprint density at radius 1 is 0.636 bits per heavy atom. The second-order valence-corrected chi connectivity index (χ2v) is 6.26. The van der Waals surface area contributed by atoms with E-state index in [1.807, 2.05) is 30.3 Å². The van der Waals surface area contributed by atoms with Gasteiger partial charge >= 0.3 is 0 Å². The zero-order valence-electron chi connectivity index (χ0n) is 13.2. The molecule has 3 aromatic rings. The van der Waals surface area contributed by atoms with Crippen LogP contribution in [0.1, 0.15) is 0 Å². The molecule has 0 saturated carbocycles. The van der Waals surface area contributed by atoms with Gasteiger partial charge in [-0.3, -0.25) is 4.48 Å². The Labute approximate surface area is 131 Å². The maximum Gasteiger partial charge on any atom is 0.132 e. The van der Waals surface area contributed by atoms with E-state index in [1.165, 1.54) is 16.5 Å². The number of azo groups is 1. The molecule has 0 atom stereocenters.